The van der Waals surface area contributed by atoms with Crippen molar-refractivity contribution in [2.45, 2.75) is 87.7 Å². The molecule has 0 bridgehead atoms. The molecular formula is C25H47F2N7O8. The van der Waals surface area contributed by atoms with Gasteiger partial charge in [-0.1, -0.05) is 6.92 Å². The molecule has 0 radical (unpaired) electrons. The highest BCUT2D eigenvalue weighted by Crippen LogP contribution is 2.30. The SMILES string of the molecule is CC1CO[C@H](O[C@@H]2[C@@H](O)[C@H](O[C@H]3OC(CNCCOCCONC(=N)NCC(F)F)=CC[C@H]3N)[C@@H](N)C[C@H]2N)[C@H](O)C1. The lowest BCUT2D eigenvalue weighted by Crippen LogP contribution is -2.65. The van der Waals surface area contributed by atoms with E-state index in [0.29, 0.717) is 51.3 Å². The minimum atomic E-state index is -2.56. The van der Waals surface area contributed by atoms with Gasteiger partial charge in [-0.3, -0.25) is 10.2 Å². The van der Waals surface area contributed by atoms with E-state index >= 15 is 0 Å². The number of aliphatic hydroxyl groups is 2. The topological polar surface area (TPSA) is 234 Å². The maximum Gasteiger partial charge on any atom is 0.255 e. The maximum absolute atomic E-state index is 12.1. The first-order chi connectivity index (χ1) is 20.0. The number of hydrogen-bond donors (Lipinski definition) is 9. The van der Waals surface area contributed by atoms with Crippen LogP contribution in [0.25, 0.3) is 0 Å². The standard InChI is InChI=1S/C25H47F2N7O8/c1-13-8-18(35)24(38-12-13)42-22-17(30)9-16(29)21(20(22)36)41-23-15(28)3-2-14(40-23)10-32-4-5-37-6-7-39-34-25(31)33-11-19(26)27/h2,13,15-24,32,35-36H,3-12,28-30H2,1H3,(H3,31,33,34)/t13?,15-,16+,17-,18-,20+,21-,22+,23-,24-/m1/s1. The summed E-state index contributed by atoms with van der Waals surface area (Å²) in [4.78, 5) is 4.95. The summed E-state index contributed by atoms with van der Waals surface area (Å²) in [7, 11) is 0. The fourth-order valence-corrected chi connectivity index (χ4v) is 4.84. The van der Waals surface area contributed by atoms with Gasteiger partial charge in [-0.25, -0.2) is 14.3 Å². The molecule has 2 fully saturated rings. The van der Waals surface area contributed by atoms with Crippen LogP contribution >= 0.6 is 0 Å². The molecule has 1 saturated heterocycles. The van der Waals surface area contributed by atoms with E-state index in [9.17, 15) is 19.0 Å². The van der Waals surface area contributed by atoms with Gasteiger partial charge in [0.05, 0.1) is 45.6 Å². The van der Waals surface area contributed by atoms with Crippen molar-refractivity contribution in [3.8, 4) is 0 Å². The molecule has 3 aliphatic rings. The van der Waals surface area contributed by atoms with Crippen LogP contribution in [0.4, 0.5) is 8.78 Å². The number of guanidine groups is 1. The van der Waals surface area contributed by atoms with Crippen LogP contribution in [-0.4, -0.2) is 124 Å². The third-order valence-corrected chi connectivity index (χ3v) is 7.04. The normalized spacial score (nSPS) is 35.4. The number of hydrogen-bond acceptors (Lipinski definition) is 13. The Morgan fingerprint density at radius 1 is 1.07 bits per heavy atom. The van der Waals surface area contributed by atoms with E-state index in [2.05, 4.69) is 16.1 Å². The van der Waals surface area contributed by atoms with E-state index in [4.69, 9.17) is 51.1 Å². The van der Waals surface area contributed by atoms with Gasteiger partial charge >= 0.3 is 0 Å². The van der Waals surface area contributed by atoms with Crippen molar-refractivity contribution in [3.05, 3.63) is 11.8 Å². The van der Waals surface area contributed by atoms with Crippen LogP contribution in [0.2, 0.25) is 0 Å². The van der Waals surface area contributed by atoms with Crippen LogP contribution in [0.15, 0.2) is 11.8 Å². The van der Waals surface area contributed by atoms with Crippen molar-refractivity contribution in [2.24, 2.45) is 23.1 Å². The number of hydroxylamine groups is 1. The Bertz CT molecular complexity index is 851. The highest BCUT2D eigenvalue weighted by molar-refractivity contribution is 5.75. The summed E-state index contributed by atoms with van der Waals surface area (Å²) in [5.41, 5.74) is 21.0. The molecule has 0 amide bonds. The summed E-state index contributed by atoms with van der Waals surface area (Å²) in [6, 6.07) is -1.66. The van der Waals surface area contributed by atoms with E-state index in [1.807, 2.05) is 13.0 Å². The molecule has 0 spiro atoms. The summed E-state index contributed by atoms with van der Waals surface area (Å²) in [6.07, 6.45) is -4.91. The van der Waals surface area contributed by atoms with Gasteiger partial charge in [-0.15, -0.1) is 0 Å². The van der Waals surface area contributed by atoms with Gasteiger partial charge < -0.3 is 61.7 Å². The zero-order valence-corrected chi connectivity index (χ0v) is 23.8. The fourth-order valence-electron chi connectivity index (χ4n) is 4.84. The minimum absolute atomic E-state index is 0.114. The van der Waals surface area contributed by atoms with Crippen molar-refractivity contribution >= 4 is 5.96 Å². The largest absolute Gasteiger partial charge is 0.467 e. The lowest BCUT2D eigenvalue weighted by atomic mass is 9.84. The molecule has 0 aromatic carbocycles. The summed E-state index contributed by atoms with van der Waals surface area (Å²) in [5, 5.41) is 34.2. The Morgan fingerprint density at radius 2 is 1.79 bits per heavy atom. The van der Waals surface area contributed by atoms with Crippen molar-refractivity contribution in [1.82, 2.24) is 16.1 Å². The highest BCUT2D eigenvalue weighted by atomic mass is 19.3. The Hall–Kier alpha value is -1.77. The predicted molar refractivity (Wildman–Crippen MR) is 146 cm³/mol. The van der Waals surface area contributed by atoms with Crippen molar-refractivity contribution in [3.63, 3.8) is 0 Å². The maximum atomic E-state index is 12.1. The first-order valence-corrected chi connectivity index (χ1v) is 14.2. The first kappa shape index (κ1) is 34.7. The number of halogens is 2. The Balaban J connectivity index is 1.35. The van der Waals surface area contributed by atoms with E-state index in [-0.39, 0.29) is 25.1 Å². The molecule has 1 saturated carbocycles. The minimum Gasteiger partial charge on any atom is -0.467 e. The number of alkyl halides is 2. The smallest absolute Gasteiger partial charge is 0.255 e. The summed E-state index contributed by atoms with van der Waals surface area (Å²) in [5.74, 6) is 0.445. The Kier molecular flexibility index (Phi) is 14.5. The molecule has 17 heteroatoms. The van der Waals surface area contributed by atoms with Crippen LogP contribution in [0.1, 0.15) is 26.2 Å². The first-order valence-electron chi connectivity index (χ1n) is 14.2. The number of aliphatic hydroxyl groups excluding tert-OH is 2. The van der Waals surface area contributed by atoms with Gasteiger partial charge in [0, 0.05) is 18.6 Å². The zero-order valence-electron chi connectivity index (χ0n) is 23.8. The van der Waals surface area contributed by atoms with Crippen molar-refractivity contribution in [1.29, 1.82) is 5.41 Å². The van der Waals surface area contributed by atoms with Gasteiger partial charge in [0.25, 0.3) is 6.43 Å². The quantitative estimate of drug-likeness (QED) is 0.0414. The van der Waals surface area contributed by atoms with Crippen LogP contribution < -0.4 is 33.3 Å². The summed E-state index contributed by atoms with van der Waals surface area (Å²) in [6.45, 7) is 3.34. The average Bonchev–Trinajstić information content (AvgIpc) is 2.93. The second kappa shape index (κ2) is 17.5. The van der Waals surface area contributed by atoms with Gasteiger partial charge in [-0.2, -0.15) is 0 Å². The summed E-state index contributed by atoms with van der Waals surface area (Å²) >= 11 is 0. The molecule has 15 nitrogen and oxygen atoms in total. The number of rotatable bonds is 15. The predicted octanol–water partition coefficient (Wildman–Crippen LogP) is -2.21. The lowest BCUT2D eigenvalue weighted by molar-refractivity contribution is -0.281. The number of ether oxygens (including phenoxy) is 5. The molecule has 0 aromatic heterocycles. The van der Waals surface area contributed by atoms with E-state index < -0.39 is 68.1 Å². The van der Waals surface area contributed by atoms with E-state index in [1.165, 1.54) is 0 Å². The molecular weight excluding hydrogens is 564 g/mol. The van der Waals surface area contributed by atoms with Crippen LogP contribution in [0, 0.1) is 11.3 Å². The molecule has 1 aliphatic carbocycles. The highest BCUT2D eigenvalue weighted by Gasteiger charge is 2.47. The molecule has 42 heavy (non-hydrogen) atoms. The van der Waals surface area contributed by atoms with Gasteiger partial charge in [-0.05, 0) is 31.3 Å². The van der Waals surface area contributed by atoms with Crippen LogP contribution in [0.5, 0.6) is 0 Å². The number of nitrogens with two attached hydrogens (primary N) is 3. The second-order valence-corrected chi connectivity index (χ2v) is 10.8. The fraction of sp³-hybridized carbons (Fsp3) is 0.880. The molecule has 2 heterocycles. The third-order valence-electron chi connectivity index (χ3n) is 7.04. The van der Waals surface area contributed by atoms with E-state index in [0.717, 1.165) is 0 Å². The Labute approximate surface area is 244 Å². The third kappa shape index (κ3) is 11.1. The molecule has 10 atom stereocenters. The molecule has 1 unspecified atom stereocenters. The molecule has 244 valence electrons. The van der Waals surface area contributed by atoms with E-state index in [1.54, 1.807) is 0 Å². The van der Waals surface area contributed by atoms with Gasteiger partial charge in [0.2, 0.25) is 12.2 Å². The van der Waals surface area contributed by atoms with Crippen LogP contribution in [-0.2, 0) is 28.5 Å². The molecule has 12 N–H and O–H groups in total. The molecule has 2 aliphatic heterocycles. The Morgan fingerprint density at radius 3 is 2.48 bits per heavy atom. The monoisotopic (exact) mass is 611 g/mol. The van der Waals surface area contributed by atoms with Crippen LogP contribution in [0.3, 0.4) is 0 Å². The van der Waals surface area contributed by atoms with Gasteiger partial charge in [0.15, 0.2) is 6.29 Å². The average molecular weight is 612 g/mol. The molecule has 3 rings (SSSR count). The second-order valence-electron chi connectivity index (χ2n) is 10.8. The van der Waals surface area contributed by atoms with Crippen molar-refractivity contribution in [2.75, 3.05) is 46.1 Å². The summed E-state index contributed by atoms with van der Waals surface area (Å²) < 4.78 is 53.2. The van der Waals surface area contributed by atoms with Crippen molar-refractivity contribution < 1.29 is 47.5 Å². The lowest BCUT2D eigenvalue weighted by Gasteiger charge is -2.45. The van der Waals surface area contributed by atoms with Gasteiger partial charge in [0.1, 0.15) is 30.2 Å². The molecule has 0 aromatic rings. The number of nitrogens with one attached hydrogen (secondary N) is 4. The zero-order chi connectivity index (χ0) is 30.6.